The van der Waals surface area contributed by atoms with Crippen molar-refractivity contribution >= 4 is 15.7 Å². The molecule has 0 aliphatic rings. The number of anilines is 1. The highest BCUT2D eigenvalue weighted by atomic mass is 32.3. The van der Waals surface area contributed by atoms with E-state index in [0.29, 0.717) is 5.92 Å². The molecular formula is C18H29NS. The van der Waals surface area contributed by atoms with Gasteiger partial charge in [-0.1, -0.05) is 40.5 Å². The Bertz CT molecular complexity index is 546. The molecule has 0 bridgehead atoms. The van der Waals surface area contributed by atoms with Crippen LogP contribution in [0.2, 0.25) is 0 Å². The van der Waals surface area contributed by atoms with Gasteiger partial charge in [0.1, 0.15) is 0 Å². The summed E-state index contributed by atoms with van der Waals surface area (Å²) in [5.74, 6) is 3.84. The molecule has 0 aromatic heterocycles. The molecule has 2 heteroatoms. The minimum Gasteiger partial charge on any atom is -0.398 e. The zero-order valence-corrected chi connectivity index (χ0v) is 15.0. The van der Waals surface area contributed by atoms with Crippen LogP contribution in [0.15, 0.2) is 12.1 Å². The molecule has 2 N–H and O–H groups in total. The third kappa shape index (κ3) is 4.49. The first kappa shape index (κ1) is 17.0. The van der Waals surface area contributed by atoms with Gasteiger partial charge in [0.2, 0.25) is 0 Å². The number of rotatable bonds is 1. The lowest BCUT2D eigenvalue weighted by molar-refractivity contribution is 0.592. The van der Waals surface area contributed by atoms with Gasteiger partial charge in [-0.3, -0.25) is 0 Å². The summed E-state index contributed by atoms with van der Waals surface area (Å²) in [7, 11) is -0.816. The van der Waals surface area contributed by atoms with Crippen molar-refractivity contribution in [3.8, 4) is 11.2 Å². The van der Waals surface area contributed by atoms with Crippen LogP contribution in [0.25, 0.3) is 0 Å². The summed E-state index contributed by atoms with van der Waals surface area (Å²) >= 11 is 0. The molecular weight excluding hydrogens is 262 g/mol. The molecule has 0 spiro atoms. The minimum absolute atomic E-state index is 0.0462. The number of hydrogen-bond acceptors (Lipinski definition) is 1. The van der Waals surface area contributed by atoms with Crippen LogP contribution in [0, 0.1) is 11.2 Å². The molecule has 0 aliphatic heterocycles. The lowest BCUT2D eigenvalue weighted by atomic mass is 9.82. The summed E-state index contributed by atoms with van der Waals surface area (Å²) in [5, 5.41) is 3.42. The average molecular weight is 292 g/mol. The fourth-order valence-corrected chi connectivity index (χ4v) is 2.49. The zero-order valence-electron chi connectivity index (χ0n) is 14.2. The Kier molecular flexibility index (Phi) is 4.87. The first-order valence-corrected chi connectivity index (χ1v) is 9.92. The van der Waals surface area contributed by atoms with Crippen LogP contribution in [0.5, 0.6) is 0 Å². The van der Waals surface area contributed by atoms with E-state index in [9.17, 15) is 0 Å². The van der Waals surface area contributed by atoms with Crippen molar-refractivity contribution < 1.29 is 0 Å². The first-order chi connectivity index (χ1) is 8.92. The molecule has 112 valence electrons. The zero-order chi connectivity index (χ0) is 15.7. The number of nitrogen functional groups attached to an aromatic ring is 1. The maximum absolute atomic E-state index is 6.25. The van der Waals surface area contributed by atoms with Crippen molar-refractivity contribution in [3.63, 3.8) is 0 Å². The van der Waals surface area contributed by atoms with Crippen LogP contribution < -0.4 is 5.73 Å². The summed E-state index contributed by atoms with van der Waals surface area (Å²) in [6.07, 6.45) is 6.66. The van der Waals surface area contributed by atoms with Gasteiger partial charge in [0, 0.05) is 11.3 Å². The first-order valence-electron chi connectivity index (χ1n) is 7.07. The quantitative estimate of drug-likeness (QED) is 0.589. The van der Waals surface area contributed by atoms with E-state index in [-0.39, 0.29) is 5.41 Å². The normalized spacial score (nSPS) is 13.1. The second-order valence-electron chi connectivity index (χ2n) is 7.50. The number of benzene rings is 1. The molecule has 0 radical (unpaired) electrons. The molecule has 0 atom stereocenters. The van der Waals surface area contributed by atoms with Crippen LogP contribution >= 0.6 is 10.0 Å². The summed E-state index contributed by atoms with van der Waals surface area (Å²) in [4.78, 5) is 0. The van der Waals surface area contributed by atoms with Crippen LogP contribution in [-0.2, 0) is 5.41 Å². The molecule has 0 fully saturated rings. The van der Waals surface area contributed by atoms with E-state index in [1.807, 2.05) is 0 Å². The molecule has 1 aromatic rings. The Hall–Kier alpha value is -1.07. The number of nitrogens with two attached hydrogens (primary N) is 1. The van der Waals surface area contributed by atoms with Gasteiger partial charge in [0.15, 0.2) is 0 Å². The van der Waals surface area contributed by atoms with Gasteiger partial charge >= 0.3 is 0 Å². The van der Waals surface area contributed by atoms with Crippen LogP contribution in [0.4, 0.5) is 5.69 Å². The van der Waals surface area contributed by atoms with E-state index in [2.05, 4.69) is 76.7 Å². The van der Waals surface area contributed by atoms with Crippen LogP contribution in [0.1, 0.15) is 57.2 Å². The average Bonchev–Trinajstić information content (AvgIpc) is 2.23. The summed E-state index contributed by atoms with van der Waals surface area (Å²) < 4.78 is 0. The van der Waals surface area contributed by atoms with E-state index in [1.54, 1.807) is 0 Å². The molecule has 1 aromatic carbocycles. The van der Waals surface area contributed by atoms with Gasteiger partial charge in [0.05, 0.1) is 0 Å². The highest BCUT2D eigenvalue weighted by Gasteiger charge is 2.19. The van der Waals surface area contributed by atoms with Gasteiger partial charge < -0.3 is 5.73 Å². The third-order valence-corrected chi connectivity index (χ3v) is 3.86. The van der Waals surface area contributed by atoms with Crippen molar-refractivity contribution in [2.75, 3.05) is 24.5 Å². The van der Waals surface area contributed by atoms with Crippen molar-refractivity contribution in [1.82, 2.24) is 0 Å². The van der Waals surface area contributed by atoms with E-state index in [4.69, 9.17) is 5.73 Å². The van der Waals surface area contributed by atoms with Gasteiger partial charge in [-0.25, -0.2) is 0 Å². The molecule has 20 heavy (non-hydrogen) atoms. The Morgan fingerprint density at radius 2 is 1.65 bits per heavy atom. The molecule has 1 nitrogen and oxygen atoms in total. The molecule has 0 unspecified atom stereocenters. The van der Waals surface area contributed by atoms with E-state index >= 15 is 0 Å². The minimum atomic E-state index is -0.816. The fourth-order valence-electron chi connectivity index (χ4n) is 2.08. The van der Waals surface area contributed by atoms with Crippen LogP contribution in [-0.4, -0.2) is 18.8 Å². The van der Waals surface area contributed by atoms with Gasteiger partial charge in [-0.15, -0.1) is 0 Å². The monoisotopic (exact) mass is 291 g/mol. The van der Waals surface area contributed by atoms with Crippen molar-refractivity contribution in [2.24, 2.45) is 0 Å². The van der Waals surface area contributed by atoms with E-state index in [1.165, 1.54) is 11.1 Å². The second kappa shape index (κ2) is 5.74. The number of hydrogen-bond donors (Lipinski definition) is 1. The fraction of sp³-hybridized carbons (Fsp3) is 0.556. The van der Waals surface area contributed by atoms with Crippen molar-refractivity contribution in [2.45, 2.75) is 46.0 Å². The van der Waals surface area contributed by atoms with Gasteiger partial charge in [-0.2, -0.15) is 10.0 Å². The second-order valence-corrected chi connectivity index (χ2v) is 11.4. The van der Waals surface area contributed by atoms with Crippen molar-refractivity contribution in [1.29, 1.82) is 0 Å². The molecule has 1 rings (SSSR count). The van der Waals surface area contributed by atoms with Crippen LogP contribution in [0.3, 0.4) is 0 Å². The molecule has 0 saturated carbocycles. The predicted molar refractivity (Wildman–Crippen MR) is 95.9 cm³/mol. The van der Waals surface area contributed by atoms with Crippen molar-refractivity contribution in [3.05, 3.63) is 28.8 Å². The topological polar surface area (TPSA) is 26.0 Å². The smallest absolute Gasteiger partial charge is 0.0355 e. The predicted octanol–water partition coefficient (Wildman–Crippen LogP) is 4.69. The van der Waals surface area contributed by atoms with E-state index in [0.717, 1.165) is 11.3 Å². The Morgan fingerprint density at radius 3 is 2.05 bits per heavy atom. The highest BCUT2D eigenvalue weighted by Crippen LogP contribution is 2.35. The lowest BCUT2D eigenvalue weighted by Gasteiger charge is -2.24. The Balaban J connectivity index is 3.50. The Labute approximate surface area is 126 Å². The molecule has 0 saturated heterocycles. The molecule has 0 heterocycles. The van der Waals surface area contributed by atoms with E-state index < -0.39 is 10.0 Å². The van der Waals surface area contributed by atoms with Gasteiger partial charge in [0.25, 0.3) is 0 Å². The lowest BCUT2D eigenvalue weighted by Crippen LogP contribution is -2.15. The maximum Gasteiger partial charge on any atom is 0.0355 e. The SMILES string of the molecule is CC(C)c1cc(N)c(C(C)(C)C)cc1C#CS(C)(C)C. The highest BCUT2D eigenvalue weighted by molar-refractivity contribution is 8.35. The molecule has 0 aliphatic carbocycles. The largest absolute Gasteiger partial charge is 0.398 e. The maximum atomic E-state index is 6.25. The van der Waals surface area contributed by atoms with Gasteiger partial charge in [-0.05, 0) is 58.6 Å². The third-order valence-electron chi connectivity index (χ3n) is 3.14. The summed E-state index contributed by atoms with van der Waals surface area (Å²) in [6, 6.07) is 4.32. The summed E-state index contributed by atoms with van der Waals surface area (Å²) in [6.45, 7) is 11.0. The summed E-state index contributed by atoms with van der Waals surface area (Å²) in [5.41, 5.74) is 10.8. The Morgan fingerprint density at radius 1 is 1.10 bits per heavy atom. The standard InChI is InChI=1S/C18H29NS/c1-13(2)15-12-17(19)16(18(3,4)5)11-14(15)9-10-20(6,7)8/h11-13H,19H2,1-8H3. The molecule has 0 amide bonds.